The summed E-state index contributed by atoms with van der Waals surface area (Å²) in [6, 6.07) is 4.92. The molecule has 1 aromatic carbocycles. The van der Waals surface area contributed by atoms with E-state index in [9.17, 15) is 14.7 Å². The minimum absolute atomic E-state index is 0.387. The van der Waals surface area contributed by atoms with Gasteiger partial charge in [0.2, 0.25) is 0 Å². The van der Waals surface area contributed by atoms with Gasteiger partial charge < -0.3 is 10.4 Å². The zero-order valence-electron chi connectivity index (χ0n) is 12.3. The maximum absolute atomic E-state index is 12.4. The van der Waals surface area contributed by atoms with Crippen LogP contribution in [-0.4, -0.2) is 37.9 Å². The molecule has 0 saturated heterocycles. The molecule has 2 aromatic rings. The number of amides is 1. The summed E-state index contributed by atoms with van der Waals surface area (Å²) in [6.45, 7) is 2.10. The Bertz CT molecular complexity index is 716. The van der Waals surface area contributed by atoms with Gasteiger partial charge >= 0.3 is 5.97 Å². The van der Waals surface area contributed by atoms with E-state index in [-0.39, 0.29) is 5.91 Å². The highest BCUT2D eigenvalue weighted by molar-refractivity contribution is 6.00. The van der Waals surface area contributed by atoms with Crippen molar-refractivity contribution in [2.45, 2.75) is 38.1 Å². The molecule has 7 heteroatoms. The van der Waals surface area contributed by atoms with E-state index in [0.717, 1.165) is 12.8 Å². The van der Waals surface area contributed by atoms with Crippen molar-refractivity contribution in [3.05, 3.63) is 23.8 Å². The molecule has 3 rings (SSSR count). The molecule has 3 N–H and O–H groups in total. The zero-order chi connectivity index (χ0) is 15.7. The Morgan fingerprint density at radius 2 is 1.95 bits per heavy atom. The highest BCUT2D eigenvalue weighted by Gasteiger charge is 2.42. The molecule has 116 valence electrons. The van der Waals surface area contributed by atoms with Gasteiger partial charge in [-0.05, 0) is 49.8 Å². The van der Waals surface area contributed by atoms with Gasteiger partial charge in [-0.3, -0.25) is 4.79 Å². The van der Waals surface area contributed by atoms with E-state index in [1.807, 2.05) is 0 Å². The number of fused-ring (bicyclic) bond motifs is 1. The molecule has 1 aliphatic rings. The van der Waals surface area contributed by atoms with Crippen LogP contribution in [0.25, 0.3) is 11.0 Å². The number of nitrogens with one attached hydrogen (secondary N) is 2. The van der Waals surface area contributed by atoms with Gasteiger partial charge in [0.05, 0.1) is 0 Å². The van der Waals surface area contributed by atoms with E-state index in [0.29, 0.717) is 35.4 Å². The van der Waals surface area contributed by atoms with E-state index in [1.54, 1.807) is 18.2 Å². The normalized spacial score (nSPS) is 25.0. The highest BCUT2D eigenvalue weighted by Crippen LogP contribution is 2.32. The number of aromatic nitrogens is 3. The molecule has 1 fully saturated rings. The van der Waals surface area contributed by atoms with Crippen LogP contribution >= 0.6 is 0 Å². The Balaban J connectivity index is 1.83. The summed E-state index contributed by atoms with van der Waals surface area (Å²) in [5, 5.41) is 22.6. The Morgan fingerprint density at radius 3 is 2.64 bits per heavy atom. The van der Waals surface area contributed by atoms with Crippen LogP contribution in [-0.2, 0) is 4.79 Å². The SMILES string of the molecule is CC1CCC(NC(=O)c2ccc3n[nH]nc3c2)(C(=O)O)CC1. The first-order valence-electron chi connectivity index (χ1n) is 7.37. The summed E-state index contributed by atoms with van der Waals surface area (Å²) in [5.74, 6) is -0.854. The number of carbonyl (C=O) groups is 2. The van der Waals surface area contributed by atoms with Gasteiger partial charge in [0.25, 0.3) is 5.91 Å². The maximum atomic E-state index is 12.4. The van der Waals surface area contributed by atoms with Crippen LogP contribution in [0.5, 0.6) is 0 Å². The lowest BCUT2D eigenvalue weighted by Gasteiger charge is -2.36. The first-order valence-corrected chi connectivity index (χ1v) is 7.37. The van der Waals surface area contributed by atoms with Crippen LogP contribution in [0, 0.1) is 5.92 Å². The molecule has 1 heterocycles. The van der Waals surface area contributed by atoms with Gasteiger partial charge in [-0.15, -0.1) is 0 Å². The molecule has 7 nitrogen and oxygen atoms in total. The quantitative estimate of drug-likeness (QED) is 0.800. The van der Waals surface area contributed by atoms with Crippen LogP contribution < -0.4 is 5.32 Å². The van der Waals surface area contributed by atoms with Crippen LogP contribution in [0.2, 0.25) is 0 Å². The van der Waals surface area contributed by atoms with Gasteiger partial charge in [0.15, 0.2) is 0 Å². The summed E-state index contributed by atoms with van der Waals surface area (Å²) in [6.07, 6.45) is 2.52. The largest absolute Gasteiger partial charge is 0.480 e. The Kier molecular flexibility index (Phi) is 3.56. The van der Waals surface area contributed by atoms with Crippen molar-refractivity contribution in [1.82, 2.24) is 20.7 Å². The Morgan fingerprint density at radius 1 is 1.27 bits per heavy atom. The molecule has 1 aliphatic carbocycles. The average molecular weight is 302 g/mol. The topological polar surface area (TPSA) is 108 Å². The second kappa shape index (κ2) is 5.40. The first-order chi connectivity index (χ1) is 10.5. The van der Waals surface area contributed by atoms with Crippen molar-refractivity contribution >= 4 is 22.9 Å². The van der Waals surface area contributed by atoms with E-state index in [4.69, 9.17) is 0 Å². The second-order valence-electron chi connectivity index (χ2n) is 6.05. The van der Waals surface area contributed by atoms with Crippen LogP contribution in [0.4, 0.5) is 0 Å². The number of carboxylic acids is 1. The zero-order valence-corrected chi connectivity index (χ0v) is 12.3. The molecule has 1 amide bonds. The van der Waals surface area contributed by atoms with E-state index < -0.39 is 11.5 Å². The molecule has 0 bridgehead atoms. The van der Waals surface area contributed by atoms with Gasteiger partial charge in [-0.1, -0.05) is 6.92 Å². The lowest BCUT2D eigenvalue weighted by atomic mass is 9.77. The molecule has 22 heavy (non-hydrogen) atoms. The third kappa shape index (κ3) is 2.54. The minimum atomic E-state index is -1.16. The third-order valence-electron chi connectivity index (χ3n) is 4.47. The Labute approximate surface area is 127 Å². The number of hydrogen-bond donors (Lipinski definition) is 3. The molecule has 1 aromatic heterocycles. The standard InChI is InChI=1S/C15H18N4O3/c1-9-4-6-15(7-5-9,14(21)22)16-13(20)10-2-3-11-12(8-10)18-19-17-11/h2-3,8-9H,4-7H2,1H3,(H,16,20)(H,21,22)(H,17,18,19). The Hall–Kier alpha value is -2.44. The number of benzene rings is 1. The maximum Gasteiger partial charge on any atom is 0.329 e. The smallest absolute Gasteiger partial charge is 0.329 e. The number of aliphatic carboxylic acids is 1. The van der Waals surface area contributed by atoms with Gasteiger partial charge in [-0.2, -0.15) is 15.4 Å². The number of nitrogens with zero attached hydrogens (tertiary/aromatic N) is 2. The van der Waals surface area contributed by atoms with Crippen molar-refractivity contribution in [3.63, 3.8) is 0 Å². The predicted molar refractivity (Wildman–Crippen MR) is 79.4 cm³/mol. The molecular formula is C15H18N4O3. The molecule has 0 atom stereocenters. The second-order valence-corrected chi connectivity index (χ2v) is 6.05. The summed E-state index contributed by atoms with van der Waals surface area (Å²) >= 11 is 0. The van der Waals surface area contributed by atoms with Gasteiger partial charge in [0, 0.05) is 5.56 Å². The van der Waals surface area contributed by atoms with Crippen molar-refractivity contribution in [1.29, 1.82) is 0 Å². The van der Waals surface area contributed by atoms with Crippen molar-refractivity contribution in [2.75, 3.05) is 0 Å². The number of carboxylic acid groups (broad SMARTS) is 1. The van der Waals surface area contributed by atoms with Crippen molar-refractivity contribution in [3.8, 4) is 0 Å². The number of rotatable bonds is 3. The van der Waals surface area contributed by atoms with Gasteiger partial charge in [-0.25, -0.2) is 4.79 Å². The molecule has 0 unspecified atom stereocenters. The fourth-order valence-electron chi connectivity index (χ4n) is 2.92. The predicted octanol–water partition coefficient (Wildman–Crippen LogP) is 1.72. The monoisotopic (exact) mass is 302 g/mol. The fourth-order valence-corrected chi connectivity index (χ4v) is 2.92. The molecule has 1 saturated carbocycles. The molecule has 0 spiro atoms. The van der Waals surface area contributed by atoms with Gasteiger partial charge in [0.1, 0.15) is 16.6 Å². The van der Waals surface area contributed by atoms with E-state index in [2.05, 4.69) is 27.7 Å². The number of aromatic amines is 1. The summed E-state index contributed by atoms with van der Waals surface area (Å²) < 4.78 is 0. The summed E-state index contributed by atoms with van der Waals surface area (Å²) in [7, 11) is 0. The average Bonchev–Trinajstić information content (AvgIpc) is 2.97. The van der Waals surface area contributed by atoms with Crippen LogP contribution in [0.1, 0.15) is 43.0 Å². The lowest BCUT2D eigenvalue weighted by Crippen LogP contribution is -2.56. The number of hydrogen-bond acceptors (Lipinski definition) is 4. The first kappa shape index (κ1) is 14.5. The molecular weight excluding hydrogens is 284 g/mol. The minimum Gasteiger partial charge on any atom is -0.480 e. The summed E-state index contributed by atoms with van der Waals surface area (Å²) in [4.78, 5) is 24.1. The third-order valence-corrected chi connectivity index (χ3v) is 4.47. The highest BCUT2D eigenvalue weighted by atomic mass is 16.4. The van der Waals surface area contributed by atoms with Crippen molar-refractivity contribution in [2.24, 2.45) is 5.92 Å². The fraction of sp³-hybridized carbons (Fsp3) is 0.467. The number of carbonyl (C=O) groups excluding carboxylic acids is 1. The van der Waals surface area contributed by atoms with E-state index in [1.165, 1.54) is 0 Å². The van der Waals surface area contributed by atoms with Crippen LogP contribution in [0.3, 0.4) is 0 Å². The van der Waals surface area contributed by atoms with E-state index >= 15 is 0 Å². The lowest BCUT2D eigenvalue weighted by molar-refractivity contribution is -0.146. The summed E-state index contributed by atoms with van der Waals surface area (Å²) in [5.41, 5.74) is 0.466. The van der Waals surface area contributed by atoms with Crippen molar-refractivity contribution < 1.29 is 14.7 Å². The number of H-pyrrole nitrogens is 1. The molecule has 0 radical (unpaired) electrons. The molecule has 0 aliphatic heterocycles. The van der Waals surface area contributed by atoms with Crippen LogP contribution in [0.15, 0.2) is 18.2 Å².